The highest BCUT2D eigenvalue weighted by Gasteiger charge is 2.31. The maximum atomic E-state index is 12.2. The average Bonchev–Trinajstić information content (AvgIpc) is 3.59. The van der Waals surface area contributed by atoms with Crippen LogP contribution in [-0.2, 0) is 28.9 Å². The molecule has 1 aromatic carbocycles. The van der Waals surface area contributed by atoms with E-state index in [0.29, 0.717) is 32.2 Å². The van der Waals surface area contributed by atoms with Crippen molar-refractivity contribution in [3.05, 3.63) is 46.8 Å². The minimum Gasteiger partial charge on any atom is -0.484 e. The van der Waals surface area contributed by atoms with Crippen molar-refractivity contribution in [3.8, 4) is 5.75 Å². The van der Waals surface area contributed by atoms with Crippen LogP contribution in [0.4, 0.5) is 0 Å². The molecule has 2 aliphatic heterocycles. The van der Waals surface area contributed by atoms with Gasteiger partial charge in [0.1, 0.15) is 5.75 Å². The molecule has 1 N–H and O–H groups in total. The first-order valence-electron chi connectivity index (χ1n) is 11.1. The van der Waals surface area contributed by atoms with Crippen molar-refractivity contribution in [2.75, 3.05) is 46.0 Å². The molecular formula is C23H30N4O3. The first-order valence-corrected chi connectivity index (χ1v) is 11.1. The molecular weight excluding hydrogens is 380 g/mol. The molecule has 1 amide bonds. The summed E-state index contributed by atoms with van der Waals surface area (Å²) in [6.45, 7) is 5.66. The van der Waals surface area contributed by atoms with Crippen LogP contribution in [0.25, 0.3) is 0 Å². The van der Waals surface area contributed by atoms with E-state index in [4.69, 9.17) is 9.47 Å². The summed E-state index contributed by atoms with van der Waals surface area (Å²) in [5.74, 6) is 1.47. The highest BCUT2D eigenvalue weighted by molar-refractivity contribution is 5.77. The largest absolute Gasteiger partial charge is 0.484 e. The molecule has 0 radical (unpaired) electrons. The summed E-state index contributed by atoms with van der Waals surface area (Å²) in [5.41, 5.74) is 5.43. The van der Waals surface area contributed by atoms with Gasteiger partial charge in [0.2, 0.25) is 0 Å². The van der Waals surface area contributed by atoms with E-state index in [-0.39, 0.29) is 12.5 Å². The standard InChI is InChI=1S/C23H30N4O3/c28-22(27-11-13-29-14-12-27)16-30-19-5-1-17(2-6-19)15-26-9-7-20-21(8-10-26)24-25-23(20)18-3-4-18/h1-2,5-6,18H,3-4,7-16H2,(H,24,25). The number of carbonyl (C=O) groups excluding carboxylic acids is 1. The lowest BCUT2D eigenvalue weighted by Crippen LogP contribution is -2.42. The number of hydrogen-bond acceptors (Lipinski definition) is 5. The van der Waals surface area contributed by atoms with Gasteiger partial charge in [0.05, 0.1) is 18.9 Å². The number of morpholine rings is 1. The van der Waals surface area contributed by atoms with Crippen LogP contribution in [0.2, 0.25) is 0 Å². The van der Waals surface area contributed by atoms with Gasteiger partial charge in [0.15, 0.2) is 6.61 Å². The normalized spacial score (nSPS) is 19.9. The summed E-state index contributed by atoms with van der Waals surface area (Å²) < 4.78 is 11.0. The van der Waals surface area contributed by atoms with E-state index in [9.17, 15) is 4.79 Å². The Balaban J connectivity index is 1.11. The quantitative estimate of drug-likeness (QED) is 0.790. The van der Waals surface area contributed by atoms with Crippen molar-refractivity contribution in [2.45, 2.75) is 38.1 Å². The molecule has 1 saturated heterocycles. The maximum absolute atomic E-state index is 12.2. The van der Waals surface area contributed by atoms with Crippen molar-refractivity contribution in [1.29, 1.82) is 0 Å². The Bertz CT molecular complexity index is 869. The lowest BCUT2D eigenvalue weighted by atomic mass is 10.1. The van der Waals surface area contributed by atoms with E-state index >= 15 is 0 Å². The SMILES string of the molecule is O=C(COc1ccc(CN2CCc3[nH]nc(C4CC4)c3CC2)cc1)N1CCOCC1. The second kappa shape index (κ2) is 8.78. The van der Waals surface area contributed by atoms with E-state index in [1.54, 1.807) is 4.90 Å². The van der Waals surface area contributed by atoms with Crippen LogP contribution in [0.5, 0.6) is 5.75 Å². The third kappa shape index (κ3) is 4.52. The van der Waals surface area contributed by atoms with Crippen molar-refractivity contribution in [1.82, 2.24) is 20.0 Å². The summed E-state index contributed by atoms with van der Waals surface area (Å²) >= 11 is 0. The number of carbonyl (C=O) groups is 1. The summed E-state index contributed by atoms with van der Waals surface area (Å²) in [5, 5.41) is 7.88. The third-order valence-electron chi connectivity index (χ3n) is 6.36. The van der Waals surface area contributed by atoms with Crippen LogP contribution in [0, 0.1) is 0 Å². The fraction of sp³-hybridized carbons (Fsp3) is 0.565. The van der Waals surface area contributed by atoms with E-state index in [1.165, 1.54) is 35.4 Å². The lowest BCUT2D eigenvalue weighted by molar-refractivity contribution is -0.137. The Morgan fingerprint density at radius 1 is 1.10 bits per heavy atom. The highest BCUT2D eigenvalue weighted by Crippen LogP contribution is 2.41. The molecule has 7 heteroatoms. The van der Waals surface area contributed by atoms with Gasteiger partial charge >= 0.3 is 0 Å². The van der Waals surface area contributed by atoms with E-state index in [2.05, 4.69) is 27.2 Å². The highest BCUT2D eigenvalue weighted by atomic mass is 16.5. The van der Waals surface area contributed by atoms with Crippen LogP contribution in [-0.4, -0.2) is 71.9 Å². The number of ether oxygens (including phenoxy) is 2. The maximum Gasteiger partial charge on any atom is 0.260 e. The third-order valence-corrected chi connectivity index (χ3v) is 6.36. The molecule has 0 bridgehead atoms. The molecule has 3 heterocycles. The summed E-state index contributed by atoms with van der Waals surface area (Å²) in [6, 6.07) is 8.15. The molecule has 2 fully saturated rings. The van der Waals surface area contributed by atoms with Gasteiger partial charge in [0, 0.05) is 50.8 Å². The molecule has 0 atom stereocenters. The number of amides is 1. The van der Waals surface area contributed by atoms with Gasteiger partial charge in [-0.05, 0) is 42.5 Å². The van der Waals surface area contributed by atoms with Crippen LogP contribution in [0.1, 0.15) is 41.3 Å². The van der Waals surface area contributed by atoms with Crippen LogP contribution in [0.3, 0.4) is 0 Å². The number of rotatable bonds is 6. The van der Waals surface area contributed by atoms with Gasteiger partial charge in [-0.3, -0.25) is 14.8 Å². The number of nitrogens with zero attached hydrogens (tertiary/aromatic N) is 3. The van der Waals surface area contributed by atoms with Gasteiger partial charge < -0.3 is 14.4 Å². The number of aromatic amines is 1. The fourth-order valence-corrected chi connectivity index (χ4v) is 4.41. The Labute approximate surface area is 177 Å². The second-order valence-corrected chi connectivity index (χ2v) is 8.54. The van der Waals surface area contributed by atoms with Gasteiger partial charge in [-0.15, -0.1) is 0 Å². The van der Waals surface area contributed by atoms with Gasteiger partial charge in [-0.2, -0.15) is 5.10 Å². The van der Waals surface area contributed by atoms with Crippen LogP contribution in [0.15, 0.2) is 24.3 Å². The second-order valence-electron chi connectivity index (χ2n) is 8.54. The zero-order valence-electron chi connectivity index (χ0n) is 17.4. The van der Waals surface area contributed by atoms with Crippen molar-refractivity contribution < 1.29 is 14.3 Å². The minimum atomic E-state index is 0.0233. The van der Waals surface area contributed by atoms with Gasteiger partial charge in [-0.25, -0.2) is 0 Å². The Hall–Kier alpha value is -2.38. The molecule has 2 aromatic rings. The molecule has 0 unspecified atom stereocenters. The Morgan fingerprint density at radius 2 is 1.87 bits per heavy atom. The summed E-state index contributed by atoms with van der Waals surface area (Å²) in [6.07, 6.45) is 4.73. The van der Waals surface area contributed by atoms with Gasteiger partial charge in [0.25, 0.3) is 5.91 Å². The average molecular weight is 411 g/mol. The Morgan fingerprint density at radius 3 is 2.63 bits per heavy atom. The number of aromatic nitrogens is 2. The van der Waals surface area contributed by atoms with E-state index < -0.39 is 0 Å². The van der Waals surface area contributed by atoms with E-state index in [0.717, 1.165) is 38.2 Å². The molecule has 1 aromatic heterocycles. The molecule has 160 valence electrons. The molecule has 3 aliphatic rings. The molecule has 5 rings (SSSR count). The predicted molar refractivity (Wildman–Crippen MR) is 113 cm³/mol. The number of nitrogens with one attached hydrogen (secondary N) is 1. The first-order chi connectivity index (χ1) is 14.8. The number of H-pyrrole nitrogens is 1. The fourth-order valence-electron chi connectivity index (χ4n) is 4.41. The van der Waals surface area contributed by atoms with Gasteiger partial charge in [-0.1, -0.05) is 12.1 Å². The van der Waals surface area contributed by atoms with Crippen LogP contribution < -0.4 is 4.74 Å². The topological polar surface area (TPSA) is 70.7 Å². The Kier molecular flexibility index (Phi) is 5.73. The zero-order valence-corrected chi connectivity index (χ0v) is 17.4. The lowest BCUT2D eigenvalue weighted by Gasteiger charge is -2.26. The minimum absolute atomic E-state index is 0.0233. The summed E-state index contributed by atoms with van der Waals surface area (Å²) in [7, 11) is 0. The smallest absolute Gasteiger partial charge is 0.260 e. The molecule has 1 aliphatic carbocycles. The predicted octanol–water partition coefficient (Wildman–Crippen LogP) is 2.13. The summed E-state index contributed by atoms with van der Waals surface area (Å²) in [4.78, 5) is 16.5. The van der Waals surface area contributed by atoms with Crippen LogP contribution >= 0.6 is 0 Å². The van der Waals surface area contributed by atoms with Crippen molar-refractivity contribution in [3.63, 3.8) is 0 Å². The molecule has 1 saturated carbocycles. The molecule has 0 spiro atoms. The monoisotopic (exact) mass is 410 g/mol. The first kappa shape index (κ1) is 19.6. The van der Waals surface area contributed by atoms with Crippen molar-refractivity contribution in [2.24, 2.45) is 0 Å². The number of hydrogen-bond donors (Lipinski definition) is 1. The van der Waals surface area contributed by atoms with Crippen molar-refractivity contribution >= 4 is 5.91 Å². The zero-order chi connectivity index (χ0) is 20.3. The number of benzene rings is 1. The van der Waals surface area contributed by atoms with E-state index in [1.807, 2.05) is 12.1 Å². The molecule has 7 nitrogen and oxygen atoms in total. The molecule has 30 heavy (non-hydrogen) atoms. The number of fused-ring (bicyclic) bond motifs is 1.